The second kappa shape index (κ2) is 7.70. The second-order valence-corrected chi connectivity index (χ2v) is 7.27. The quantitative estimate of drug-likeness (QED) is 0.731. The van der Waals surface area contributed by atoms with Gasteiger partial charge in [0.15, 0.2) is 0 Å². The third-order valence-electron chi connectivity index (χ3n) is 5.96. The molecule has 1 aliphatic carbocycles. The van der Waals surface area contributed by atoms with Crippen molar-refractivity contribution in [3.8, 4) is 11.5 Å². The molecule has 0 radical (unpaired) electrons. The van der Waals surface area contributed by atoms with Crippen LogP contribution >= 0.6 is 0 Å². The fraction of sp³-hybridized carbons (Fsp3) is 0.455. The number of carbonyl (C=O) groups is 2. The lowest BCUT2D eigenvalue weighted by Gasteiger charge is -2.40. The van der Waals surface area contributed by atoms with Crippen LogP contribution in [0, 0.1) is 5.41 Å². The summed E-state index contributed by atoms with van der Waals surface area (Å²) in [4.78, 5) is 24.9. The van der Waals surface area contributed by atoms with E-state index < -0.39 is 5.41 Å². The Morgan fingerprint density at radius 1 is 1.07 bits per heavy atom. The van der Waals surface area contributed by atoms with Crippen molar-refractivity contribution in [2.45, 2.75) is 32.1 Å². The van der Waals surface area contributed by atoms with E-state index in [1.807, 2.05) is 31.2 Å². The van der Waals surface area contributed by atoms with Crippen molar-refractivity contribution in [2.75, 3.05) is 28.4 Å². The van der Waals surface area contributed by atoms with Crippen LogP contribution < -0.4 is 9.47 Å². The molecule has 3 rings (SSSR count). The summed E-state index contributed by atoms with van der Waals surface area (Å²) in [6.07, 6.45) is 1.31. The normalized spacial score (nSPS) is 21.0. The van der Waals surface area contributed by atoms with Gasteiger partial charge in [0.25, 0.3) is 0 Å². The Labute approximate surface area is 164 Å². The number of methoxy groups -OCH3 is 4. The molecule has 0 fully saturated rings. The monoisotopic (exact) mass is 386 g/mol. The van der Waals surface area contributed by atoms with E-state index in [-0.39, 0.29) is 24.3 Å². The van der Waals surface area contributed by atoms with Gasteiger partial charge in [0.1, 0.15) is 11.5 Å². The van der Waals surface area contributed by atoms with E-state index in [0.717, 1.165) is 27.6 Å². The lowest BCUT2D eigenvalue weighted by Crippen LogP contribution is -2.40. The topological polar surface area (TPSA) is 71.1 Å². The maximum Gasteiger partial charge on any atom is 0.312 e. The first-order chi connectivity index (χ1) is 13.4. The number of esters is 2. The highest BCUT2D eigenvalue weighted by atomic mass is 16.5. The fourth-order valence-electron chi connectivity index (χ4n) is 4.38. The average molecular weight is 386 g/mol. The van der Waals surface area contributed by atoms with Gasteiger partial charge < -0.3 is 18.9 Å². The summed E-state index contributed by atoms with van der Waals surface area (Å²) in [5.74, 6) is 0.334. The Bertz CT molecular complexity index is 919. The zero-order valence-electron chi connectivity index (χ0n) is 17.0. The SMILES string of the molecule is COC(=O)CC1c2cc(OC)c3cccc(OC)c3c2CCC1(C)C(=O)OC. The van der Waals surface area contributed by atoms with Gasteiger partial charge in [0.05, 0.1) is 40.3 Å². The molecule has 0 N–H and O–H groups in total. The van der Waals surface area contributed by atoms with E-state index in [9.17, 15) is 9.59 Å². The van der Waals surface area contributed by atoms with Crippen LogP contribution in [0.2, 0.25) is 0 Å². The van der Waals surface area contributed by atoms with Crippen molar-refractivity contribution < 1.29 is 28.5 Å². The van der Waals surface area contributed by atoms with Crippen LogP contribution in [0.25, 0.3) is 10.8 Å². The molecule has 0 saturated carbocycles. The van der Waals surface area contributed by atoms with Gasteiger partial charge in [0, 0.05) is 16.7 Å². The average Bonchev–Trinajstić information content (AvgIpc) is 2.73. The van der Waals surface area contributed by atoms with Gasteiger partial charge in [-0.05, 0) is 43.0 Å². The highest BCUT2D eigenvalue weighted by Gasteiger charge is 2.48. The molecule has 1 aliphatic rings. The fourth-order valence-corrected chi connectivity index (χ4v) is 4.38. The molecular weight excluding hydrogens is 360 g/mol. The first kappa shape index (κ1) is 20.0. The smallest absolute Gasteiger partial charge is 0.312 e. The Hall–Kier alpha value is -2.76. The zero-order chi connectivity index (χ0) is 20.5. The van der Waals surface area contributed by atoms with Crippen LogP contribution in [0.5, 0.6) is 11.5 Å². The molecule has 28 heavy (non-hydrogen) atoms. The van der Waals surface area contributed by atoms with Crippen molar-refractivity contribution in [1.29, 1.82) is 0 Å². The molecule has 0 aliphatic heterocycles. The number of aryl methyl sites for hydroxylation is 1. The number of hydrogen-bond donors (Lipinski definition) is 0. The van der Waals surface area contributed by atoms with E-state index in [4.69, 9.17) is 18.9 Å². The highest BCUT2D eigenvalue weighted by molar-refractivity contribution is 5.97. The summed E-state index contributed by atoms with van der Waals surface area (Å²) in [6, 6.07) is 7.75. The van der Waals surface area contributed by atoms with Gasteiger partial charge in [-0.25, -0.2) is 0 Å². The summed E-state index contributed by atoms with van der Waals surface area (Å²) in [7, 11) is 5.97. The molecule has 2 aromatic carbocycles. The molecule has 2 unspecified atom stereocenters. The second-order valence-electron chi connectivity index (χ2n) is 7.27. The Kier molecular flexibility index (Phi) is 5.49. The van der Waals surface area contributed by atoms with Gasteiger partial charge >= 0.3 is 11.9 Å². The van der Waals surface area contributed by atoms with Crippen molar-refractivity contribution >= 4 is 22.7 Å². The van der Waals surface area contributed by atoms with Crippen LogP contribution in [0.1, 0.15) is 36.8 Å². The molecule has 0 bridgehead atoms. The van der Waals surface area contributed by atoms with Crippen LogP contribution in [0.3, 0.4) is 0 Å². The Balaban J connectivity index is 2.32. The maximum atomic E-state index is 12.7. The predicted molar refractivity (Wildman–Crippen MR) is 105 cm³/mol. The molecule has 2 aromatic rings. The maximum absolute atomic E-state index is 12.7. The summed E-state index contributed by atoms with van der Waals surface area (Å²) in [6.45, 7) is 1.86. The number of rotatable bonds is 5. The van der Waals surface area contributed by atoms with Crippen LogP contribution in [0.4, 0.5) is 0 Å². The minimum Gasteiger partial charge on any atom is -0.496 e. The number of carbonyl (C=O) groups excluding carboxylic acids is 2. The summed E-state index contributed by atoms with van der Waals surface area (Å²) >= 11 is 0. The molecule has 2 atom stereocenters. The standard InChI is InChI=1S/C22H26O6/c1-22(21(24)28-5)10-9-13-15(16(22)12-19(23)27-4)11-18(26-3)14-7-6-8-17(25-2)20(13)14/h6-8,11,16H,9-10,12H2,1-5H3. The largest absolute Gasteiger partial charge is 0.496 e. The molecule has 6 heteroatoms. The zero-order valence-corrected chi connectivity index (χ0v) is 17.0. The van der Waals surface area contributed by atoms with Crippen LogP contribution in [-0.2, 0) is 25.5 Å². The number of ether oxygens (including phenoxy) is 4. The summed E-state index contributed by atoms with van der Waals surface area (Å²) in [5.41, 5.74) is 1.14. The highest BCUT2D eigenvalue weighted by Crippen LogP contribution is 2.52. The van der Waals surface area contributed by atoms with Gasteiger partial charge in [-0.2, -0.15) is 0 Å². The molecular formula is C22H26O6. The first-order valence-corrected chi connectivity index (χ1v) is 9.23. The van der Waals surface area contributed by atoms with Gasteiger partial charge in [-0.3, -0.25) is 9.59 Å². The molecule has 0 heterocycles. The van der Waals surface area contributed by atoms with Crippen LogP contribution in [0.15, 0.2) is 24.3 Å². The van der Waals surface area contributed by atoms with E-state index in [1.54, 1.807) is 14.2 Å². The molecule has 0 aromatic heterocycles. The third kappa shape index (κ3) is 3.07. The van der Waals surface area contributed by atoms with Crippen LogP contribution in [-0.4, -0.2) is 40.4 Å². The predicted octanol–water partition coefficient (Wildman–Crippen LogP) is 3.63. The Morgan fingerprint density at radius 2 is 1.79 bits per heavy atom. The molecule has 0 spiro atoms. The minimum atomic E-state index is -0.837. The third-order valence-corrected chi connectivity index (χ3v) is 5.96. The molecule has 6 nitrogen and oxygen atoms in total. The first-order valence-electron chi connectivity index (χ1n) is 9.23. The number of benzene rings is 2. The van der Waals surface area contributed by atoms with Crippen molar-refractivity contribution in [3.05, 3.63) is 35.4 Å². The van der Waals surface area contributed by atoms with Crippen molar-refractivity contribution in [1.82, 2.24) is 0 Å². The molecule has 150 valence electrons. The van der Waals surface area contributed by atoms with Gasteiger partial charge in [-0.1, -0.05) is 12.1 Å². The number of fused-ring (bicyclic) bond motifs is 3. The lowest BCUT2D eigenvalue weighted by molar-refractivity contribution is -0.155. The summed E-state index contributed by atoms with van der Waals surface area (Å²) < 4.78 is 21.3. The number of hydrogen-bond acceptors (Lipinski definition) is 6. The van der Waals surface area contributed by atoms with E-state index in [0.29, 0.717) is 18.6 Å². The van der Waals surface area contributed by atoms with E-state index >= 15 is 0 Å². The van der Waals surface area contributed by atoms with E-state index in [2.05, 4.69) is 0 Å². The van der Waals surface area contributed by atoms with Gasteiger partial charge in [0.2, 0.25) is 0 Å². The molecule has 0 saturated heterocycles. The molecule has 0 amide bonds. The van der Waals surface area contributed by atoms with Crippen molar-refractivity contribution in [3.63, 3.8) is 0 Å². The Morgan fingerprint density at radius 3 is 2.39 bits per heavy atom. The minimum absolute atomic E-state index is 0.0823. The van der Waals surface area contributed by atoms with Gasteiger partial charge in [-0.15, -0.1) is 0 Å². The van der Waals surface area contributed by atoms with E-state index in [1.165, 1.54) is 14.2 Å². The van der Waals surface area contributed by atoms with Crippen molar-refractivity contribution in [2.24, 2.45) is 5.41 Å². The summed E-state index contributed by atoms with van der Waals surface area (Å²) in [5, 5.41) is 1.90. The lowest BCUT2D eigenvalue weighted by atomic mass is 9.63.